The molecule has 0 heterocycles. The fourth-order valence-electron chi connectivity index (χ4n) is 2.85. The maximum atomic E-state index is 2.50. The molecule has 1 aliphatic rings. The van der Waals surface area contributed by atoms with Crippen LogP contribution >= 0.6 is 0 Å². The van der Waals surface area contributed by atoms with Crippen molar-refractivity contribution in [1.82, 2.24) is 4.90 Å². The lowest BCUT2D eigenvalue weighted by atomic mass is 9.79. The standard InChI is InChI=1S/C21H39N/c1-19(2,3)12-9-18-10-13-21(7,14-11-18)17-22(8)16-15-20(4,5)6/h10-11,13H,9,12,14-17H2,1-8H3. The minimum Gasteiger partial charge on any atom is -0.305 e. The van der Waals surface area contributed by atoms with Gasteiger partial charge in [0.2, 0.25) is 0 Å². The topological polar surface area (TPSA) is 3.24 Å². The zero-order chi connectivity index (χ0) is 17.0. The third-order valence-corrected chi connectivity index (χ3v) is 4.57. The molecule has 0 aliphatic heterocycles. The van der Waals surface area contributed by atoms with Gasteiger partial charge in [0.15, 0.2) is 0 Å². The maximum absolute atomic E-state index is 2.50. The van der Waals surface area contributed by atoms with E-state index in [0.717, 1.165) is 6.54 Å². The molecule has 0 fully saturated rings. The normalized spacial score (nSPS) is 23.0. The first-order valence-corrected chi connectivity index (χ1v) is 8.96. The molecule has 1 rings (SSSR count). The van der Waals surface area contributed by atoms with E-state index in [1.165, 1.54) is 37.8 Å². The Morgan fingerprint density at radius 3 is 2.09 bits per heavy atom. The van der Waals surface area contributed by atoms with E-state index in [0.29, 0.717) is 16.2 Å². The average molecular weight is 306 g/mol. The largest absolute Gasteiger partial charge is 0.305 e. The minimum absolute atomic E-state index is 0.303. The van der Waals surface area contributed by atoms with Gasteiger partial charge in [-0.3, -0.25) is 0 Å². The molecule has 1 nitrogen and oxygen atoms in total. The molecular weight excluding hydrogens is 266 g/mol. The van der Waals surface area contributed by atoms with Crippen LogP contribution in [0.4, 0.5) is 0 Å². The summed E-state index contributed by atoms with van der Waals surface area (Å²) in [7, 11) is 2.27. The van der Waals surface area contributed by atoms with Gasteiger partial charge in [-0.2, -0.15) is 0 Å². The van der Waals surface area contributed by atoms with Crippen molar-refractivity contribution in [3.63, 3.8) is 0 Å². The van der Waals surface area contributed by atoms with Crippen LogP contribution in [0.25, 0.3) is 0 Å². The number of hydrogen-bond acceptors (Lipinski definition) is 1. The lowest BCUT2D eigenvalue weighted by Gasteiger charge is -2.34. The molecule has 1 heteroatoms. The number of allylic oxidation sites excluding steroid dienone is 3. The highest BCUT2D eigenvalue weighted by Crippen LogP contribution is 2.33. The zero-order valence-corrected chi connectivity index (χ0v) is 16.4. The summed E-state index contributed by atoms with van der Waals surface area (Å²) in [6, 6.07) is 0. The van der Waals surface area contributed by atoms with Crippen LogP contribution in [0.1, 0.15) is 74.1 Å². The summed E-state index contributed by atoms with van der Waals surface area (Å²) < 4.78 is 0. The second-order valence-corrected chi connectivity index (χ2v) is 10.1. The van der Waals surface area contributed by atoms with Crippen molar-refractivity contribution < 1.29 is 0 Å². The summed E-state index contributed by atoms with van der Waals surface area (Å²) >= 11 is 0. The summed E-state index contributed by atoms with van der Waals surface area (Å²) in [5.41, 5.74) is 2.70. The first kappa shape index (κ1) is 19.5. The first-order chi connectivity index (χ1) is 9.89. The van der Waals surface area contributed by atoms with Crippen molar-refractivity contribution in [3.8, 4) is 0 Å². The quantitative estimate of drug-likeness (QED) is 0.575. The lowest BCUT2D eigenvalue weighted by Crippen LogP contribution is -2.34. The Bertz CT molecular complexity index is 403. The van der Waals surface area contributed by atoms with Crippen LogP contribution in [0.15, 0.2) is 23.8 Å². The number of nitrogens with zero attached hydrogens (tertiary/aromatic N) is 1. The second-order valence-electron chi connectivity index (χ2n) is 10.1. The molecule has 0 aromatic rings. The van der Waals surface area contributed by atoms with E-state index >= 15 is 0 Å². The zero-order valence-electron chi connectivity index (χ0n) is 16.4. The Hall–Kier alpha value is -0.560. The van der Waals surface area contributed by atoms with Gasteiger partial charge in [-0.1, -0.05) is 72.3 Å². The number of rotatable bonds is 6. The van der Waals surface area contributed by atoms with Gasteiger partial charge in [0.1, 0.15) is 0 Å². The van der Waals surface area contributed by atoms with Gasteiger partial charge in [-0.05, 0) is 50.1 Å². The van der Waals surface area contributed by atoms with Gasteiger partial charge >= 0.3 is 0 Å². The van der Waals surface area contributed by atoms with E-state index in [1.807, 2.05) is 0 Å². The maximum Gasteiger partial charge on any atom is 0.00701 e. The summed E-state index contributed by atoms with van der Waals surface area (Å²) in [5.74, 6) is 0. The Morgan fingerprint density at radius 1 is 1.05 bits per heavy atom. The molecule has 1 unspecified atom stereocenters. The van der Waals surface area contributed by atoms with Crippen LogP contribution in [0, 0.1) is 16.2 Å². The highest BCUT2D eigenvalue weighted by molar-refractivity contribution is 5.26. The van der Waals surface area contributed by atoms with Crippen LogP contribution < -0.4 is 0 Å². The van der Waals surface area contributed by atoms with Crippen LogP contribution in [0.2, 0.25) is 0 Å². The van der Waals surface area contributed by atoms with Crippen LogP contribution in [0.5, 0.6) is 0 Å². The summed E-state index contributed by atoms with van der Waals surface area (Å²) in [5, 5.41) is 0. The summed E-state index contributed by atoms with van der Waals surface area (Å²) in [6.45, 7) is 18.7. The average Bonchev–Trinajstić information content (AvgIpc) is 2.34. The molecule has 0 aromatic heterocycles. The summed E-state index contributed by atoms with van der Waals surface area (Å²) in [6.07, 6.45) is 12.2. The molecule has 0 spiro atoms. The van der Waals surface area contributed by atoms with Gasteiger partial charge in [0.25, 0.3) is 0 Å². The highest BCUT2D eigenvalue weighted by Gasteiger charge is 2.25. The summed E-state index contributed by atoms with van der Waals surface area (Å²) in [4.78, 5) is 2.50. The lowest BCUT2D eigenvalue weighted by molar-refractivity contribution is 0.206. The van der Waals surface area contributed by atoms with Crippen LogP contribution in [-0.2, 0) is 0 Å². The van der Waals surface area contributed by atoms with Gasteiger partial charge in [-0.15, -0.1) is 0 Å². The Balaban J connectivity index is 2.44. The molecule has 0 amide bonds. The molecule has 0 saturated carbocycles. The molecule has 22 heavy (non-hydrogen) atoms. The van der Waals surface area contributed by atoms with E-state index in [4.69, 9.17) is 0 Å². The third-order valence-electron chi connectivity index (χ3n) is 4.57. The fourth-order valence-corrected chi connectivity index (χ4v) is 2.85. The number of hydrogen-bond donors (Lipinski definition) is 0. The van der Waals surface area contributed by atoms with Gasteiger partial charge in [0, 0.05) is 12.0 Å². The predicted molar refractivity (Wildman–Crippen MR) is 100 cm³/mol. The molecule has 1 aliphatic carbocycles. The van der Waals surface area contributed by atoms with Crippen molar-refractivity contribution >= 4 is 0 Å². The third kappa shape index (κ3) is 8.17. The van der Waals surface area contributed by atoms with Crippen LogP contribution in [0.3, 0.4) is 0 Å². The molecule has 0 N–H and O–H groups in total. The van der Waals surface area contributed by atoms with Crippen molar-refractivity contribution in [1.29, 1.82) is 0 Å². The SMILES string of the molecule is CN(CCC(C)(C)C)CC1(C)C=CC(CCC(C)(C)C)=CC1. The first-order valence-electron chi connectivity index (χ1n) is 8.96. The van der Waals surface area contributed by atoms with E-state index in [-0.39, 0.29) is 0 Å². The predicted octanol–water partition coefficient (Wildman–Crippen LogP) is 6.07. The van der Waals surface area contributed by atoms with Crippen molar-refractivity contribution in [2.24, 2.45) is 16.2 Å². The monoisotopic (exact) mass is 305 g/mol. The Morgan fingerprint density at radius 2 is 1.64 bits per heavy atom. The molecule has 0 radical (unpaired) electrons. The van der Waals surface area contributed by atoms with Gasteiger partial charge < -0.3 is 4.90 Å². The van der Waals surface area contributed by atoms with Crippen molar-refractivity contribution in [2.45, 2.75) is 74.1 Å². The van der Waals surface area contributed by atoms with Gasteiger partial charge in [0.05, 0.1) is 0 Å². The second kappa shape index (κ2) is 7.34. The molecule has 0 aromatic carbocycles. The van der Waals surface area contributed by atoms with Crippen LogP contribution in [-0.4, -0.2) is 25.0 Å². The Kier molecular flexibility index (Phi) is 6.50. The Labute approximate surface area is 139 Å². The highest BCUT2D eigenvalue weighted by atomic mass is 15.1. The van der Waals surface area contributed by atoms with Crippen molar-refractivity contribution in [3.05, 3.63) is 23.8 Å². The molecule has 1 atom stereocenters. The minimum atomic E-state index is 0.303. The molecule has 128 valence electrons. The van der Waals surface area contributed by atoms with E-state index in [1.54, 1.807) is 0 Å². The van der Waals surface area contributed by atoms with Gasteiger partial charge in [-0.25, -0.2) is 0 Å². The molecule has 0 bridgehead atoms. The molecular formula is C21H39N. The van der Waals surface area contributed by atoms with Crippen molar-refractivity contribution in [2.75, 3.05) is 20.1 Å². The smallest absolute Gasteiger partial charge is 0.00701 e. The van der Waals surface area contributed by atoms with E-state index in [2.05, 4.69) is 78.6 Å². The molecule has 0 saturated heterocycles. The fraction of sp³-hybridized carbons (Fsp3) is 0.810. The van der Waals surface area contributed by atoms with E-state index < -0.39 is 0 Å². The van der Waals surface area contributed by atoms with E-state index in [9.17, 15) is 0 Å².